The minimum Gasteiger partial charge on any atom is -0.465 e. The zero-order valence-electron chi connectivity index (χ0n) is 14.6. The predicted molar refractivity (Wildman–Crippen MR) is 109 cm³/mol. The molecule has 0 spiro atoms. The molecule has 3 rings (SSSR count). The Labute approximate surface area is 161 Å². The maximum Gasteiger partial charge on any atom is 0.340 e. The van der Waals surface area contributed by atoms with Crippen molar-refractivity contribution in [2.45, 2.75) is 0 Å². The van der Waals surface area contributed by atoms with E-state index in [1.165, 1.54) is 13.2 Å². The summed E-state index contributed by atoms with van der Waals surface area (Å²) in [6.45, 7) is 0. The molecule has 0 saturated heterocycles. The fraction of sp³-hybridized carbons (Fsp3) is 0.0476. The Balaban J connectivity index is 1.78. The molecule has 1 aromatic heterocycles. The van der Waals surface area contributed by atoms with Gasteiger partial charge in [0.15, 0.2) is 0 Å². The summed E-state index contributed by atoms with van der Waals surface area (Å²) in [5.74, 6) is -0.762. The number of anilines is 3. The second-order valence-corrected chi connectivity index (χ2v) is 6.56. The van der Waals surface area contributed by atoms with Crippen molar-refractivity contribution in [1.82, 2.24) is 0 Å². The minimum atomic E-state index is -0.487. The fourth-order valence-electron chi connectivity index (χ4n) is 2.41. The molecule has 0 bridgehead atoms. The minimum absolute atomic E-state index is 0.275. The smallest absolute Gasteiger partial charge is 0.340 e. The van der Waals surface area contributed by atoms with Gasteiger partial charge < -0.3 is 15.4 Å². The number of rotatable bonds is 6. The first kappa shape index (κ1) is 18.4. The normalized spacial score (nSPS) is 10.6. The topological polar surface area (TPSA) is 67.4 Å². The van der Waals surface area contributed by atoms with Crippen molar-refractivity contribution in [3.63, 3.8) is 0 Å². The van der Waals surface area contributed by atoms with Crippen molar-refractivity contribution < 1.29 is 14.3 Å². The number of hydrogen-bond donors (Lipinski definition) is 2. The first-order valence-electron chi connectivity index (χ1n) is 8.23. The van der Waals surface area contributed by atoms with Crippen LogP contribution in [0.25, 0.3) is 6.08 Å². The number of methoxy groups -OCH3 is 1. The van der Waals surface area contributed by atoms with Gasteiger partial charge in [-0.25, -0.2) is 4.79 Å². The van der Waals surface area contributed by atoms with Crippen LogP contribution in [0.3, 0.4) is 0 Å². The van der Waals surface area contributed by atoms with Crippen LogP contribution in [0.5, 0.6) is 0 Å². The van der Waals surface area contributed by atoms with E-state index in [1.54, 1.807) is 35.6 Å². The van der Waals surface area contributed by atoms with E-state index >= 15 is 0 Å². The number of thiophene rings is 1. The summed E-state index contributed by atoms with van der Waals surface area (Å²) in [4.78, 5) is 25.3. The molecular weight excluding hydrogens is 360 g/mol. The molecular formula is C21H18N2O3S. The van der Waals surface area contributed by atoms with Crippen molar-refractivity contribution in [1.29, 1.82) is 0 Å². The van der Waals surface area contributed by atoms with E-state index in [4.69, 9.17) is 4.74 Å². The molecule has 0 radical (unpaired) electrons. The van der Waals surface area contributed by atoms with Crippen molar-refractivity contribution in [3.8, 4) is 0 Å². The number of esters is 1. The molecule has 0 saturated carbocycles. The number of carbonyl (C=O) groups excluding carboxylic acids is 2. The Morgan fingerprint density at radius 3 is 2.52 bits per heavy atom. The van der Waals surface area contributed by atoms with Gasteiger partial charge in [0.05, 0.1) is 18.4 Å². The lowest BCUT2D eigenvalue weighted by atomic mass is 10.1. The number of benzene rings is 2. The van der Waals surface area contributed by atoms with Crippen LogP contribution in [0.4, 0.5) is 17.1 Å². The van der Waals surface area contributed by atoms with Crippen molar-refractivity contribution in [3.05, 3.63) is 82.6 Å². The van der Waals surface area contributed by atoms with Gasteiger partial charge in [0.25, 0.3) is 0 Å². The van der Waals surface area contributed by atoms with Crippen LogP contribution in [0.2, 0.25) is 0 Å². The molecule has 0 aliphatic rings. The highest BCUT2D eigenvalue weighted by Crippen LogP contribution is 2.25. The van der Waals surface area contributed by atoms with Crippen LogP contribution in [-0.4, -0.2) is 19.0 Å². The molecule has 27 heavy (non-hydrogen) atoms. The van der Waals surface area contributed by atoms with Crippen LogP contribution >= 0.6 is 11.3 Å². The molecule has 6 heteroatoms. The number of ether oxygens (including phenoxy) is 1. The molecule has 0 unspecified atom stereocenters. The summed E-state index contributed by atoms with van der Waals surface area (Å²) in [7, 11) is 1.32. The van der Waals surface area contributed by atoms with Gasteiger partial charge in [-0.3, -0.25) is 4.79 Å². The molecule has 2 N–H and O–H groups in total. The Bertz CT molecular complexity index is 951. The van der Waals surface area contributed by atoms with Gasteiger partial charge in [0, 0.05) is 22.3 Å². The van der Waals surface area contributed by atoms with E-state index in [2.05, 4.69) is 10.6 Å². The third-order valence-electron chi connectivity index (χ3n) is 3.69. The molecule has 136 valence electrons. The van der Waals surface area contributed by atoms with E-state index in [1.807, 2.05) is 47.8 Å². The lowest BCUT2D eigenvalue weighted by Gasteiger charge is -2.13. The maximum absolute atomic E-state index is 12.2. The van der Waals surface area contributed by atoms with Crippen LogP contribution in [-0.2, 0) is 9.53 Å². The van der Waals surface area contributed by atoms with Gasteiger partial charge >= 0.3 is 5.97 Å². The molecule has 1 amide bonds. The van der Waals surface area contributed by atoms with Gasteiger partial charge in [-0.15, -0.1) is 11.3 Å². The molecule has 0 atom stereocenters. The van der Waals surface area contributed by atoms with E-state index in [9.17, 15) is 9.59 Å². The number of nitrogens with one attached hydrogen (secondary N) is 2. The average molecular weight is 378 g/mol. The van der Waals surface area contributed by atoms with Crippen LogP contribution < -0.4 is 10.6 Å². The summed E-state index contributed by atoms with van der Waals surface area (Å²) in [6.07, 6.45) is 3.20. The average Bonchev–Trinajstić information content (AvgIpc) is 3.21. The molecule has 0 aliphatic heterocycles. The number of amides is 1. The number of hydrogen-bond acceptors (Lipinski definition) is 5. The molecule has 3 aromatic rings. The fourth-order valence-corrected chi connectivity index (χ4v) is 3.03. The van der Waals surface area contributed by atoms with Gasteiger partial charge in [0.2, 0.25) is 5.91 Å². The van der Waals surface area contributed by atoms with E-state index in [-0.39, 0.29) is 5.91 Å². The molecule has 2 aromatic carbocycles. The summed E-state index contributed by atoms with van der Waals surface area (Å²) in [5, 5.41) is 7.89. The van der Waals surface area contributed by atoms with Crippen LogP contribution in [0.1, 0.15) is 15.2 Å². The highest BCUT2D eigenvalue weighted by atomic mass is 32.1. The first-order valence-corrected chi connectivity index (χ1v) is 9.10. The SMILES string of the molecule is COC(=O)c1cc(NC(=O)/C=C/c2cccs2)ccc1Nc1ccccc1. The first-order chi connectivity index (χ1) is 13.2. The van der Waals surface area contributed by atoms with E-state index in [0.717, 1.165) is 10.6 Å². The summed E-state index contributed by atoms with van der Waals surface area (Å²) in [5.41, 5.74) is 2.29. The second kappa shape index (κ2) is 8.82. The Morgan fingerprint density at radius 1 is 1.00 bits per heavy atom. The van der Waals surface area contributed by atoms with E-state index in [0.29, 0.717) is 16.9 Å². The largest absolute Gasteiger partial charge is 0.465 e. The van der Waals surface area contributed by atoms with Gasteiger partial charge in [-0.05, 0) is 47.9 Å². The summed E-state index contributed by atoms with van der Waals surface area (Å²) < 4.78 is 4.87. The number of para-hydroxylation sites is 1. The summed E-state index contributed by atoms with van der Waals surface area (Å²) >= 11 is 1.55. The van der Waals surface area contributed by atoms with E-state index < -0.39 is 5.97 Å². The van der Waals surface area contributed by atoms with Gasteiger partial charge in [-0.2, -0.15) is 0 Å². The lowest BCUT2D eigenvalue weighted by molar-refractivity contribution is -0.111. The van der Waals surface area contributed by atoms with Crippen molar-refractivity contribution >= 4 is 46.4 Å². The Morgan fingerprint density at radius 2 is 1.81 bits per heavy atom. The highest BCUT2D eigenvalue weighted by Gasteiger charge is 2.14. The molecule has 0 fully saturated rings. The summed E-state index contributed by atoms with van der Waals surface area (Å²) in [6, 6.07) is 18.4. The monoisotopic (exact) mass is 378 g/mol. The zero-order chi connectivity index (χ0) is 19.1. The third kappa shape index (κ3) is 5.05. The molecule has 1 heterocycles. The van der Waals surface area contributed by atoms with Crippen LogP contribution in [0, 0.1) is 0 Å². The quantitative estimate of drug-likeness (QED) is 0.471. The Kier molecular flexibility index (Phi) is 6.02. The molecule has 5 nitrogen and oxygen atoms in total. The van der Waals surface area contributed by atoms with Gasteiger partial charge in [-0.1, -0.05) is 24.3 Å². The third-order valence-corrected chi connectivity index (χ3v) is 4.52. The Hall–Kier alpha value is -3.38. The van der Waals surface area contributed by atoms with Crippen LogP contribution in [0.15, 0.2) is 72.1 Å². The van der Waals surface area contributed by atoms with Crippen molar-refractivity contribution in [2.75, 3.05) is 17.7 Å². The standard InChI is InChI=1S/C21H18N2O3S/c1-26-21(25)18-14-16(23-20(24)12-10-17-8-5-13-27-17)9-11-19(18)22-15-6-3-2-4-7-15/h2-14,22H,1H3,(H,23,24)/b12-10+. The predicted octanol–water partition coefficient (Wildman–Crippen LogP) is 4.93. The number of carbonyl (C=O) groups is 2. The second-order valence-electron chi connectivity index (χ2n) is 5.58. The maximum atomic E-state index is 12.2. The van der Waals surface area contributed by atoms with Gasteiger partial charge in [0.1, 0.15) is 0 Å². The molecule has 0 aliphatic carbocycles. The highest BCUT2D eigenvalue weighted by molar-refractivity contribution is 7.10. The van der Waals surface area contributed by atoms with Crippen molar-refractivity contribution in [2.24, 2.45) is 0 Å². The lowest BCUT2D eigenvalue weighted by Crippen LogP contribution is -2.10. The zero-order valence-corrected chi connectivity index (χ0v) is 15.5.